The number of ether oxygens (including phenoxy) is 1. The molecule has 1 aromatic heterocycles. The third-order valence-corrected chi connectivity index (χ3v) is 3.45. The largest absolute Gasteiger partial charge is 0.468 e. The number of esters is 1. The molecule has 2 atom stereocenters. The van der Waals surface area contributed by atoms with E-state index in [0.717, 1.165) is 0 Å². The van der Waals surface area contributed by atoms with Crippen molar-refractivity contribution in [2.75, 3.05) is 12.4 Å². The number of nitrogens with zero attached hydrogens (tertiary/aromatic N) is 3. The van der Waals surface area contributed by atoms with E-state index in [1.54, 1.807) is 12.1 Å². The zero-order valence-electron chi connectivity index (χ0n) is 11.3. The molecule has 0 spiro atoms. The van der Waals surface area contributed by atoms with Gasteiger partial charge in [0, 0.05) is 5.70 Å². The molecule has 0 amide bonds. The zero-order valence-corrected chi connectivity index (χ0v) is 11.3. The first-order chi connectivity index (χ1) is 10.1. The molecule has 1 N–H and O–H groups in total. The minimum atomic E-state index is -0.717. The van der Waals surface area contributed by atoms with Gasteiger partial charge in [-0.1, -0.05) is 18.7 Å². The summed E-state index contributed by atoms with van der Waals surface area (Å²) in [6, 6.07) is 5.47. The average molecular weight is 288 g/mol. The maximum Gasteiger partial charge on any atom is 0.317 e. The lowest BCUT2D eigenvalue weighted by molar-refractivity contribution is -0.145. The summed E-state index contributed by atoms with van der Waals surface area (Å²) in [7, 11) is 1.30. The number of hydrogen-bond donors (Lipinski definition) is 1. The summed E-state index contributed by atoms with van der Waals surface area (Å²) in [5.41, 5.74) is 1.04. The second-order valence-corrected chi connectivity index (χ2v) is 4.68. The van der Waals surface area contributed by atoms with Gasteiger partial charge in [0.15, 0.2) is 0 Å². The minimum Gasteiger partial charge on any atom is -0.468 e. The van der Waals surface area contributed by atoms with Gasteiger partial charge in [0.05, 0.1) is 13.2 Å². The van der Waals surface area contributed by atoms with Crippen molar-refractivity contribution in [2.45, 2.75) is 6.04 Å². The molecule has 7 heteroatoms. The molecule has 6 nitrogen and oxygen atoms in total. The number of benzene rings is 1. The number of nitrogens with one attached hydrogen (secondary N) is 1. The minimum absolute atomic E-state index is 0.387. The average Bonchev–Trinajstić information content (AvgIpc) is 2.92. The van der Waals surface area contributed by atoms with Gasteiger partial charge in [-0.2, -0.15) is 10.1 Å². The molecule has 0 bridgehead atoms. The van der Waals surface area contributed by atoms with Gasteiger partial charge >= 0.3 is 5.97 Å². The van der Waals surface area contributed by atoms with Crippen LogP contribution < -0.4 is 5.32 Å². The van der Waals surface area contributed by atoms with Crippen molar-refractivity contribution in [1.82, 2.24) is 14.8 Å². The fraction of sp³-hybridized carbons (Fsp3) is 0.214. The number of halogens is 1. The number of aromatic nitrogens is 3. The summed E-state index contributed by atoms with van der Waals surface area (Å²) in [6.07, 6.45) is 1.36. The first kappa shape index (κ1) is 13.3. The Bertz CT molecular complexity index is 713. The van der Waals surface area contributed by atoms with Crippen molar-refractivity contribution in [2.24, 2.45) is 5.92 Å². The Kier molecular flexibility index (Phi) is 3.17. The van der Waals surface area contributed by atoms with Crippen molar-refractivity contribution >= 4 is 11.9 Å². The van der Waals surface area contributed by atoms with E-state index < -0.39 is 17.9 Å². The first-order valence-corrected chi connectivity index (χ1v) is 6.30. The fourth-order valence-corrected chi connectivity index (χ4v) is 2.52. The summed E-state index contributed by atoms with van der Waals surface area (Å²) >= 11 is 0. The SMILES string of the molecule is C=C1Nc2ncnn2[C@H](c2cccc(F)c2)[C@@H]1C(=O)OC. The molecule has 108 valence electrons. The molecule has 0 radical (unpaired) electrons. The molecule has 1 aliphatic heterocycles. The molecule has 1 aliphatic rings. The van der Waals surface area contributed by atoms with Crippen LogP contribution >= 0.6 is 0 Å². The van der Waals surface area contributed by atoms with Crippen LogP contribution in [0.4, 0.5) is 10.3 Å². The van der Waals surface area contributed by atoms with Crippen LogP contribution in [0.3, 0.4) is 0 Å². The van der Waals surface area contributed by atoms with Crippen LogP contribution in [0.25, 0.3) is 0 Å². The lowest BCUT2D eigenvalue weighted by Crippen LogP contribution is -2.37. The predicted molar refractivity (Wildman–Crippen MR) is 72.8 cm³/mol. The molecule has 0 saturated carbocycles. The fourth-order valence-electron chi connectivity index (χ4n) is 2.52. The van der Waals surface area contributed by atoms with Gasteiger partial charge in [-0.3, -0.25) is 4.79 Å². The number of carbonyl (C=O) groups is 1. The van der Waals surface area contributed by atoms with Gasteiger partial charge in [-0.25, -0.2) is 9.07 Å². The quantitative estimate of drug-likeness (QED) is 0.852. The van der Waals surface area contributed by atoms with Crippen LogP contribution in [0.5, 0.6) is 0 Å². The number of anilines is 1. The van der Waals surface area contributed by atoms with Crippen LogP contribution in [-0.2, 0) is 9.53 Å². The Morgan fingerprint density at radius 1 is 1.52 bits per heavy atom. The van der Waals surface area contributed by atoms with E-state index in [-0.39, 0.29) is 5.82 Å². The Balaban J connectivity index is 2.16. The first-order valence-electron chi connectivity index (χ1n) is 6.30. The van der Waals surface area contributed by atoms with E-state index in [1.165, 1.54) is 30.3 Å². The van der Waals surface area contributed by atoms with Gasteiger partial charge in [-0.15, -0.1) is 0 Å². The summed E-state index contributed by atoms with van der Waals surface area (Å²) < 4.78 is 19.9. The Labute approximate surface area is 120 Å². The molecule has 2 heterocycles. The molecule has 1 aromatic carbocycles. The van der Waals surface area contributed by atoms with E-state index in [9.17, 15) is 9.18 Å². The van der Waals surface area contributed by atoms with Crippen LogP contribution in [0.2, 0.25) is 0 Å². The number of carbonyl (C=O) groups excluding carboxylic acids is 1. The molecular weight excluding hydrogens is 275 g/mol. The Morgan fingerprint density at radius 2 is 2.33 bits per heavy atom. The Morgan fingerprint density at radius 3 is 3.05 bits per heavy atom. The van der Waals surface area contributed by atoms with Gasteiger partial charge < -0.3 is 10.1 Å². The topological polar surface area (TPSA) is 69.0 Å². The van der Waals surface area contributed by atoms with E-state index in [0.29, 0.717) is 17.2 Å². The van der Waals surface area contributed by atoms with Crippen molar-refractivity contribution in [3.8, 4) is 0 Å². The van der Waals surface area contributed by atoms with Crippen LogP contribution in [0, 0.1) is 11.7 Å². The van der Waals surface area contributed by atoms with Crippen LogP contribution in [-0.4, -0.2) is 27.8 Å². The monoisotopic (exact) mass is 288 g/mol. The lowest BCUT2D eigenvalue weighted by atomic mass is 9.89. The van der Waals surface area contributed by atoms with Crippen molar-refractivity contribution in [3.05, 3.63) is 54.2 Å². The predicted octanol–water partition coefficient (Wildman–Crippen LogP) is 1.73. The molecule has 0 fully saturated rings. The molecule has 2 aromatic rings. The highest BCUT2D eigenvalue weighted by Crippen LogP contribution is 2.37. The number of fused-ring (bicyclic) bond motifs is 1. The van der Waals surface area contributed by atoms with Gasteiger partial charge in [0.25, 0.3) is 0 Å². The summed E-state index contributed by atoms with van der Waals surface area (Å²) in [5.74, 6) is -1.12. The Hall–Kier alpha value is -2.70. The second kappa shape index (κ2) is 5.01. The highest BCUT2D eigenvalue weighted by atomic mass is 19.1. The number of methoxy groups -OCH3 is 1. The molecule has 3 rings (SSSR count). The lowest BCUT2D eigenvalue weighted by Gasteiger charge is -2.32. The van der Waals surface area contributed by atoms with Crippen molar-refractivity contribution in [1.29, 1.82) is 0 Å². The van der Waals surface area contributed by atoms with Gasteiger partial charge in [-0.05, 0) is 17.7 Å². The van der Waals surface area contributed by atoms with E-state index in [2.05, 4.69) is 22.0 Å². The summed E-state index contributed by atoms with van der Waals surface area (Å²) in [5, 5.41) is 7.04. The standard InChI is InChI=1S/C14H13FN4O2/c1-8-11(13(20)21-2)12(9-4-3-5-10(15)6-9)19-14(18-8)16-7-17-19/h3-7,11-12H,1H2,2H3,(H,16,17,18)/t11-,12-/m1/s1. The highest BCUT2D eigenvalue weighted by molar-refractivity contribution is 5.78. The molecule has 0 saturated heterocycles. The number of rotatable bonds is 2. The van der Waals surface area contributed by atoms with Crippen LogP contribution in [0.1, 0.15) is 11.6 Å². The van der Waals surface area contributed by atoms with Crippen molar-refractivity contribution < 1.29 is 13.9 Å². The zero-order chi connectivity index (χ0) is 15.0. The van der Waals surface area contributed by atoms with Crippen molar-refractivity contribution in [3.63, 3.8) is 0 Å². The van der Waals surface area contributed by atoms with E-state index >= 15 is 0 Å². The van der Waals surface area contributed by atoms with Gasteiger partial charge in [0.2, 0.25) is 5.95 Å². The molecule has 21 heavy (non-hydrogen) atoms. The molecule has 0 aliphatic carbocycles. The third kappa shape index (κ3) is 2.16. The molecular formula is C14H13FN4O2. The second-order valence-electron chi connectivity index (χ2n) is 4.68. The maximum absolute atomic E-state index is 13.5. The maximum atomic E-state index is 13.5. The highest BCUT2D eigenvalue weighted by Gasteiger charge is 2.40. The number of hydrogen-bond acceptors (Lipinski definition) is 5. The third-order valence-electron chi connectivity index (χ3n) is 3.45. The molecule has 0 unspecified atom stereocenters. The van der Waals surface area contributed by atoms with Gasteiger partial charge in [0.1, 0.15) is 18.1 Å². The van der Waals surface area contributed by atoms with E-state index in [1.807, 2.05) is 0 Å². The normalized spacial score (nSPS) is 20.6. The summed E-state index contributed by atoms with van der Waals surface area (Å²) in [4.78, 5) is 16.2. The summed E-state index contributed by atoms with van der Waals surface area (Å²) in [6.45, 7) is 3.85. The van der Waals surface area contributed by atoms with Crippen LogP contribution in [0.15, 0.2) is 42.9 Å². The van der Waals surface area contributed by atoms with E-state index in [4.69, 9.17) is 4.74 Å². The smallest absolute Gasteiger partial charge is 0.317 e.